The van der Waals surface area contributed by atoms with E-state index in [1.165, 1.54) is 6.07 Å². The molecule has 0 aliphatic heterocycles. The number of amides is 1. The molecule has 2 rings (SSSR count). The lowest BCUT2D eigenvalue weighted by Crippen LogP contribution is -2.42. The molecule has 174 valence electrons. The number of sulfonamides is 1. The molecule has 1 amide bonds. The minimum atomic E-state index is -4.29. The molecule has 0 aliphatic carbocycles. The van der Waals surface area contributed by atoms with Gasteiger partial charge in [-0.1, -0.05) is 38.1 Å². The van der Waals surface area contributed by atoms with Crippen LogP contribution in [0.25, 0.3) is 0 Å². The van der Waals surface area contributed by atoms with E-state index >= 15 is 0 Å². The van der Waals surface area contributed by atoms with E-state index < -0.39 is 33.1 Å². The molecule has 0 bridgehead atoms. The van der Waals surface area contributed by atoms with Crippen molar-refractivity contribution in [2.24, 2.45) is 5.73 Å². The number of nitrogen functional groups attached to an aromatic ring is 1. The first-order chi connectivity index (χ1) is 15.1. The highest BCUT2D eigenvalue weighted by atomic mass is 32.2. The largest absolute Gasteiger partial charge is 0.507 e. The van der Waals surface area contributed by atoms with Gasteiger partial charge in [-0.2, -0.15) is 4.31 Å². The van der Waals surface area contributed by atoms with Crippen LogP contribution in [0.2, 0.25) is 0 Å². The van der Waals surface area contributed by atoms with Gasteiger partial charge in [0.2, 0.25) is 15.9 Å². The van der Waals surface area contributed by atoms with E-state index in [4.69, 9.17) is 16.2 Å². The third kappa shape index (κ3) is 6.52. The van der Waals surface area contributed by atoms with Gasteiger partial charge in [0.25, 0.3) is 0 Å². The second-order valence-corrected chi connectivity index (χ2v) is 9.56. The van der Waals surface area contributed by atoms with Crippen molar-refractivity contribution in [3.63, 3.8) is 0 Å². The fraction of sp³-hybridized carbons (Fsp3) is 0.364. The molecular weight excluding hydrogens is 432 g/mol. The van der Waals surface area contributed by atoms with Crippen LogP contribution in [0.15, 0.2) is 47.4 Å². The molecule has 9 nitrogen and oxygen atoms in total. The van der Waals surface area contributed by atoms with Crippen LogP contribution in [0.5, 0.6) is 5.75 Å². The predicted octanol–water partition coefficient (Wildman–Crippen LogP) is 1.14. The summed E-state index contributed by atoms with van der Waals surface area (Å²) in [5.74, 6) is -1.07. The van der Waals surface area contributed by atoms with Crippen molar-refractivity contribution in [3.05, 3.63) is 59.2 Å². The lowest BCUT2D eigenvalue weighted by molar-refractivity contribution is -0.121. The molecule has 0 atom stereocenters. The van der Waals surface area contributed by atoms with Gasteiger partial charge in [-0.05, 0) is 41.7 Å². The highest BCUT2D eigenvalue weighted by Gasteiger charge is 2.29. The zero-order chi connectivity index (χ0) is 23.9. The van der Waals surface area contributed by atoms with E-state index in [0.717, 1.165) is 27.6 Å². The Hall–Kier alpha value is -2.95. The molecule has 2 aromatic rings. The number of aliphatic hydroxyl groups excluding tert-OH is 1. The molecule has 0 saturated carbocycles. The van der Waals surface area contributed by atoms with Crippen LogP contribution in [0.1, 0.15) is 36.5 Å². The van der Waals surface area contributed by atoms with Crippen molar-refractivity contribution in [3.8, 4) is 5.75 Å². The first-order valence-electron chi connectivity index (χ1n) is 10.2. The fourth-order valence-corrected chi connectivity index (χ4v) is 4.55. The summed E-state index contributed by atoms with van der Waals surface area (Å²) in [5, 5.41) is 29.1. The Morgan fingerprint density at radius 1 is 1.19 bits per heavy atom. The second-order valence-electron chi connectivity index (χ2n) is 7.65. The number of nitrogens with two attached hydrogens (primary N) is 1. The Morgan fingerprint density at radius 3 is 2.41 bits per heavy atom. The van der Waals surface area contributed by atoms with Gasteiger partial charge in [-0.25, -0.2) is 8.42 Å². The summed E-state index contributed by atoms with van der Waals surface area (Å²) in [6.07, 6.45) is 0.345. The van der Waals surface area contributed by atoms with Gasteiger partial charge in [0, 0.05) is 18.7 Å². The number of phenols is 1. The van der Waals surface area contributed by atoms with Crippen LogP contribution < -0.4 is 11.1 Å². The fourth-order valence-electron chi connectivity index (χ4n) is 3.05. The number of carbonyl (C=O) groups is 1. The highest BCUT2D eigenvalue weighted by molar-refractivity contribution is 7.89. The molecule has 0 unspecified atom stereocenters. The smallest absolute Gasteiger partial charge is 0.247 e. The van der Waals surface area contributed by atoms with Crippen LogP contribution in [0.4, 0.5) is 0 Å². The Labute approximate surface area is 188 Å². The zero-order valence-electron chi connectivity index (χ0n) is 18.2. The van der Waals surface area contributed by atoms with Crippen molar-refractivity contribution >= 4 is 21.8 Å². The lowest BCUT2D eigenvalue weighted by Gasteiger charge is -2.23. The number of amidine groups is 1. The van der Waals surface area contributed by atoms with Crippen molar-refractivity contribution in [1.82, 2.24) is 9.62 Å². The standard InChI is InChI=1S/C22H30N4O5S/c1-15(2)17-5-3-16(4-6-17)9-11-26(14-21(29)25-10-12-27)32(30,31)20-13-18(22(23)24)7-8-19(20)28/h3-8,13,15,27-28H,9-12,14H2,1-2H3,(H3,23,24)(H,25,29). The van der Waals surface area contributed by atoms with E-state index in [1.807, 2.05) is 24.3 Å². The maximum atomic E-state index is 13.3. The Kier molecular flexibility index (Phi) is 8.76. The molecule has 2 aromatic carbocycles. The number of aliphatic hydroxyl groups is 1. The monoisotopic (exact) mass is 462 g/mol. The lowest BCUT2D eigenvalue weighted by atomic mass is 10.0. The molecule has 32 heavy (non-hydrogen) atoms. The van der Waals surface area contributed by atoms with E-state index in [-0.39, 0.29) is 31.1 Å². The number of hydrogen-bond donors (Lipinski definition) is 5. The second kappa shape index (κ2) is 11.1. The van der Waals surface area contributed by atoms with Gasteiger partial charge in [0.05, 0.1) is 13.2 Å². The van der Waals surface area contributed by atoms with Crippen molar-refractivity contribution in [2.45, 2.75) is 31.1 Å². The Bertz CT molecular complexity index is 1050. The third-order valence-corrected chi connectivity index (χ3v) is 6.81. The SMILES string of the molecule is CC(C)c1ccc(CCN(CC(=O)NCCO)S(=O)(=O)c2cc(C(=N)N)ccc2O)cc1. The van der Waals surface area contributed by atoms with Crippen LogP contribution in [-0.2, 0) is 21.2 Å². The summed E-state index contributed by atoms with van der Waals surface area (Å²) in [6, 6.07) is 11.4. The molecule has 0 saturated heterocycles. The quantitative estimate of drug-likeness (QED) is 0.249. The summed E-state index contributed by atoms with van der Waals surface area (Å²) >= 11 is 0. The summed E-state index contributed by atoms with van der Waals surface area (Å²) in [6.45, 7) is 3.37. The molecule has 0 spiro atoms. The average molecular weight is 463 g/mol. The molecule has 0 radical (unpaired) electrons. The molecule has 0 heterocycles. The molecule has 0 aliphatic rings. The maximum Gasteiger partial charge on any atom is 0.247 e. The van der Waals surface area contributed by atoms with E-state index in [0.29, 0.717) is 12.3 Å². The topological polar surface area (TPSA) is 157 Å². The molecule has 0 fully saturated rings. The van der Waals surface area contributed by atoms with E-state index in [2.05, 4.69) is 19.2 Å². The van der Waals surface area contributed by atoms with Gasteiger partial charge in [0.1, 0.15) is 16.5 Å². The van der Waals surface area contributed by atoms with E-state index in [9.17, 15) is 18.3 Å². The molecule has 10 heteroatoms. The number of nitrogens with zero attached hydrogens (tertiary/aromatic N) is 1. The van der Waals surface area contributed by atoms with Crippen molar-refractivity contribution in [2.75, 3.05) is 26.2 Å². The Morgan fingerprint density at radius 2 is 1.84 bits per heavy atom. The summed E-state index contributed by atoms with van der Waals surface area (Å²) < 4.78 is 27.6. The number of aromatic hydroxyl groups is 1. The van der Waals surface area contributed by atoms with Gasteiger partial charge in [-0.3, -0.25) is 10.2 Å². The van der Waals surface area contributed by atoms with Crippen LogP contribution in [0, 0.1) is 5.41 Å². The number of carbonyl (C=O) groups excluding carboxylic acids is 1. The number of rotatable bonds is 11. The average Bonchev–Trinajstić information content (AvgIpc) is 2.75. The first kappa shape index (κ1) is 25.3. The first-order valence-corrected chi connectivity index (χ1v) is 11.6. The highest BCUT2D eigenvalue weighted by Crippen LogP contribution is 2.27. The normalized spacial score (nSPS) is 11.7. The predicted molar refractivity (Wildman–Crippen MR) is 122 cm³/mol. The zero-order valence-corrected chi connectivity index (χ0v) is 19.0. The minimum Gasteiger partial charge on any atom is -0.507 e. The van der Waals surface area contributed by atoms with E-state index in [1.54, 1.807) is 0 Å². The molecule has 0 aromatic heterocycles. The Balaban J connectivity index is 2.34. The number of nitrogens with one attached hydrogen (secondary N) is 2. The van der Waals surface area contributed by atoms with Crippen LogP contribution >= 0.6 is 0 Å². The van der Waals surface area contributed by atoms with Gasteiger partial charge in [-0.15, -0.1) is 0 Å². The van der Waals surface area contributed by atoms with Gasteiger partial charge in [0.15, 0.2) is 0 Å². The number of hydrogen-bond acceptors (Lipinski definition) is 6. The van der Waals surface area contributed by atoms with Crippen molar-refractivity contribution in [1.29, 1.82) is 5.41 Å². The van der Waals surface area contributed by atoms with Crippen LogP contribution in [0.3, 0.4) is 0 Å². The van der Waals surface area contributed by atoms with Crippen molar-refractivity contribution < 1.29 is 23.4 Å². The number of benzene rings is 2. The molecular formula is C22H30N4O5S. The number of phenolic OH excluding ortho intramolecular Hbond substituents is 1. The summed E-state index contributed by atoms with van der Waals surface area (Å²) in [4.78, 5) is 11.8. The van der Waals surface area contributed by atoms with Gasteiger partial charge >= 0.3 is 0 Å². The summed E-state index contributed by atoms with van der Waals surface area (Å²) in [7, 11) is -4.29. The summed E-state index contributed by atoms with van der Waals surface area (Å²) in [5.41, 5.74) is 7.65. The third-order valence-electron chi connectivity index (χ3n) is 4.94. The van der Waals surface area contributed by atoms with Crippen LogP contribution in [-0.4, -0.2) is 60.9 Å². The molecule has 6 N–H and O–H groups in total. The maximum absolute atomic E-state index is 13.3. The van der Waals surface area contributed by atoms with Gasteiger partial charge < -0.3 is 21.3 Å². The minimum absolute atomic E-state index is 0.00550.